The molecule has 3 heterocycles. The Morgan fingerprint density at radius 3 is 2.49 bits per heavy atom. The minimum Gasteiger partial charge on any atom is -0.494 e. The lowest BCUT2D eigenvalue weighted by Crippen LogP contribution is -2.48. The molecule has 8 heteroatoms. The molecule has 3 aromatic rings. The van der Waals surface area contributed by atoms with Crippen LogP contribution in [0.25, 0.3) is 11.3 Å². The number of benzene rings is 2. The van der Waals surface area contributed by atoms with E-state index in [0.717, 1.165) is 43.1 Å². The van der Waals surface area contributed by atoms with Crippen LogP contribution in [0.15, 0.2) is 48.7 Å². The zero-order valence-electron chi connectivity index (χ0n) is 20.4. The second kappa shape index (κ2) is 10.4. The minimum absolute atomic E-state index is 0.0147. The highest BCUT2D eigenvalue weighted by atomic mass is 16.5. The third-order valence-electron chi connectivity index (χ3n) is 6.38. The Bertz CT molecular complexity index is 1170. The number of aromatic nitrogens is 2. The number of hydrogen-bond donors (Lipinski definition) is 0. The molecule has 0 N–H and O–H groups in total. The quantitative estimate of drug-likeness (QED) is 0.542. The van der Waals surface area contributed by atoms with Gasteiger partial charge in [-0.25, -0.2) is 0 Å². The molecule has 1 aromatic heterocycles. The lowest BCUT2D eigenvalue weighted by atomic mass is 10.1. The predicted octanol–water partition coefficient (Wildman–Crippen LogP) is 3.61. The Labute approximate surface area is 206 Å². The van der Waals surface area contributed by atoms with Crippen LogP contribution in [0.5, 0.6) is 17.2 Å². The number of ether oxygens (including phenoxy) is 3. The maximum absolute atomic E-state index is 13.5. The smallest absolute Gasteiger partial charge is 0.257 e. The van der Waals surface area contributed by atoms with Gasteiger partial charge < -0.3 is 19.1 Å². The summed E-state index contributed by atoms with van der Waals surface area (Å²) in [6, 6.07) is 14.0. The molecule has 1 amide bonds. The number of rotatable bonds is 6. The van der Waals surface area contributed by atoms with Gasteiger partial charge in [-0.3, -0.25) is 14.4 Å². The normalized spacial score (nSPS) is 16.1. The number of hydrogen-bond acceptors (Lipinski definition) is 6. The first-order valence-electron chi connectivity index (χ1n) is 12.3. The molecule has 5 rings (SSSR count). The molecule has 2 aromatic carbocycles. The van der Waals surface area contributed by atoms with Crippen LogP contribution in [0.3, 0.4) is 0 Å². The van der Waals surface area contributed by atoms with Crippen molar-refractivity contribution in [2.24, 2.45) is 7.05 Å². The highest BCUT2D eigenvalue weighted by molar-refractivity contribution is 6.00. The molecule has 1 fully saturated rings. The second-order valence-electron chi connectivity index (χ2n) is 8.92. The van der Waals surface area contributed by atoms with E-state index in [9.17, 15) is 4.79 Å². The first kappa shape index (κ1) is 23.2. The van der Waals surface area contributed by atoms with Crippen LogP contribution >= 0.6 is 0 Å². The lowest BCUT2D eigenvalue weighted by Gasteiger charge is -2.34. The average Bonchev–Trinajstić information content (AvgIpc) is 3.11. The largest absolute Gasteiger partial charge is 0.494 e. The van der Waals surface area contributed by atoms with E-state index in [1.54, 1.807) is 4.68 Å². The predicted molar refractivity (Wildman–Crippen MR) is 133 cm³/mol. The molecule has 184 valence electrons. The Hall–Kier alpha value is -3.52. The molecular formula is C27H32N4O4. The van der Waals surface area contributed by atoms with Gasteiger partial charge in [-0.1, -0.05) is 12.1 Å². The first-order chi connectivity index (χ1) is 17.1. The van der Waals surface area contributed by atoms with Crippen molar-refractivity contribution < 1.29 is 19.0 Å². The summed E-state index contributed by atoms with van der Waals surface area (Å²) in [5, 5.41) is 4.61. The van der Waals surface area contributed by atoms with Gasteiger partial charge >= 0.3 is 0 Å². The Morgan fingerprint density at radius 2 is 1.74 bits per heavy atom. The summed E-state index contributed by atoms with van der Waals surface area (Å²) >= 11 is 0. The average molecular weight is 477 g/mol. The summed E-state index contributed by atoms with van der Waals surface area (Å²) in [6.07, 6.45) is 2.66. The van der Waals surface area contributed by atoms with Gasteiger partial charge in [0.1, 0.15) is 11.4 Å². The van der Waals surface area contributed by atoms with Gasteiger partial charge in [0.05, 0.1) is 25.4 Å². The van der Waals surface area contributed by atoms with Crippen molar-refractivity contribution in [1.82, 2.24) is 19.6 Å². The molecular weight excluding hydrogens is 444 g/mol. The first-order valence-corrected chi connectivity index (χ1v) is 12.3. The van der Waals surface area contributed by atoms with E-state index in [1.165, 1.54) is 5.56 Å². The van der Waals surface area contributed by atoms with E-state index in [0.29, 0.717) is 49.9 Å². The summed E-state index contributed by atoms with van der Waals surface area (Å²) in [4.78, 5) is 17.8. The Kier molecular flexibility index (Phi) is 6.90. The van der Waals surface area contributed by atoms with Crippen LogP contribution in [0.2, 0.25) is 0 Å². The number of carbonyl (C=O) groups excluding carboxylic acids is 1. The summed E-state index contributed by atoms with van der Waals surface area (Å²) in [6.45, 7) is 7.82. The van der Waals surface area contributed by atoms with Crippen LogP contribution in [0.4, 0.5) is 0 Å². The Morgan fingerprint density at radius 1 is 1.00 bits per heavy atom. The van der Waals surface area contributed by atoms with Gasteiger partial charge in [-0.05, 0) is 42.8 Å². The van der Waals surface area contributed by atoms with Crippen molar-refractivity contribution in [3.8, 4) is 28.5 Å². The number of amides is 1. The third kappa shape index (κ3) is 5.27. The molecule has 0 spiro atoms. The van der Waals surface area contributed by atoms with E-state index in [1.807, 2.05) is 55.4 Å². The molecule has 8 nitrogen and oxygen atoms in total. The van der Waals surface area contributed by atoms with Crippen molar-refractivity contribution in [2.75, 3.05) is 46.0 Å². The summed E-state index contributed by atoms with van der Waals surface area (Å²) in [7, 11) is 1.85. The Balaban J connectivity index is 1.25. The standard InChI is InChI=1S/C27H32N4O4/c1-3-33-22-8-5-20(6-9-22)18-30-11-13-31(14-12-30)27(32)23-19-29(2)28-26(23)21-7-10-24-25(17-21)35-16-4-15-34-24/h5-10,17,19H,3-4,11-16,18H2,1-2H3. The van der Waals surface area contributed by atoms with Gasteiger partial charge in [0, 0.05) is 58.0 Å². The van der Waals surface area contributed by atoms with Crippen molar-refractivity contribution in [1.29, 1.82) is 0 Å². The minimum atomic E-state index is 0.0147. The van der Waals surface area contributed by atoms with Gasteiger partial charge in [0.15, 0.2) is 11.5 Å². The zero-order chi connectivity index (χ0) is 24.2. The van der Waals surface area contributed by atoms with Gasteiger partial charge in [0.25, 0.3) is 5.91 Å². The summed E-state index contributed by atoms with van der Waals surface area (Å²) in [5.74, 6) is 2.35. The fourth-order valence-corrected chi connectivity index (χ4v) is 4.56. The summed E-state index contributed by atoms with van der Waals surface area (Å²) in [5.41, 5.74) is 3.39. The fraction of sp³-hybridized carbons (Fsp3) is 0.407. The summed E-state index contributed by atoms with van der Waals surface area (Å²) < 4.78 is 18.8. The van der Waals surface area contributed by atoms with Crippen LogP contribution in [-0.2, 0) is 13.6 Å². The topological polar surface area (TPSA) is 69.1 Å². The van der Waals surface area contributed by atoms with E-state index in [2.05, 4.69) is 22.1 Å². The monoisotopic (exact) mass is 476 g/mol. The highest BCUT2D eigenvalue weighted by Crippen LogP contribution is 2.35. The maximum Gasteiger partial charge on any atom is 0.257 e. The number of carbonyl (C=O) groups is 1. The fourth-order valence-electron chi connectivity index (χ4n) is 4.56. The lowest BCUT2D eigenvalue weighted by molar-refractivity contribution is 0.0629. The van der Waals surface area contributed by atoms with Crippen molar-refractivity contribution >= 4 is 5.91 Å². The molecule has 35 heavy (non-hydrogen) atoms. The SMILES string of the molecule is CCOc1ccc(CN2CCN(C(=O)c3cn(C)nc3-c3ccc4c(c3)OCCCO4)CC2)cc1. The van der Waals surface area contributed by atoms with Gasteiger partial charge in [0.2, 0.25) is 0 Å². The zero-order valence-corrected chi connectivity index (χ0v) is 20.4. The van der Waals surface area contributed by atoms with E-state index < -0.39 is 0 Å². The molecule has 0 aliphatic carbocycles. The van der Waals surface area contributed by atoms with Crippen molar-refractivity contribution in [3.63, 3.8) is 0 Å². The van der Waals surface area contributed by atoms with E-state index >= 15 is 0 Å². The molecule has 0 unspecified atom stereocenters. The van der Waals surface area contributed by atoms with Gasteiger partial charge in [-0.15, -0.1) is 0 Å². The number of fused-ring (bicyclic) bond motifs is 1. The number of piperazine rings is 1. The van der Waals surface area contributed by atoms with Crippen LogP contribution < -0.4 is 14.2 Å². The second-order valence-corrected chi connectivity index (χ2v) is 8.92. The van der Waals surface area contributed by atoms with Crippen molar-refractivity contribution in [2.45, 2.75) is 19.9 Å². The van der Waals surface area contributed by atoms with Crippen molar-refractivity contribution in [3.05, 3.63) is 59.8 Å². The highest BCUT2D eigenvalue weighted by Gasteiger charge is 2.26. The van der Waals surface area contributed by atoms with E-state index in [-0.39, 0.29) is 5.91 Å². The maximum atomic E-state index is 13.5. The molecule has 0 radical (unpaired) electrons. The van der Waals surface area contributed by atoms with Crippen LogP contribution in [-0.4, -0.2) is 71.5 Å². The molecule has 0 saturated carbocycles. The molecule has 0 atom stereocenters. The van der Waals surface area contributed by atoms with Gasteiger partial charge in [-0.2, -0.15) is 5.10 Å². The molecule has 2 aliphatic rings. The van der Waals surface area contributed by atoms with Crippen LogP contribution in [0, 0.1) is 0 Å². The van der Waals surface area contributed by atoms with Crippen LogP contribution in [0.1, 0.15) is 29.3 Å². The number of nitrogens with zero attached hydrogens (tertiary/aromatic N) is 4. The number of aryl methyl sites for hydroxylation is 1. The van der Waals surface area contributed by atoms with E-state index in [4.69, 9.17) is 14.2 Å². The molecule has 0 bridgehead atoms. The third-order valence-corrected chi connectivity index (χ3v) is 6.38. The molecule has 2 aliphatic heterocycles. The molecule has 1 saturated heterocycles.